The summed E-state index contributed by atoms with van der Waals surface area (Å²) in [6.45, 7) is 4.62. The minimum Gasteiger partial charge on any atom is -0.493 e. The molecule has 0 bridgehead atoms. The number of likely N-dealkylation sites (N-methyl/N-ethyl adjacent to an activating group) is 1. The molecule has 1 aliphatic rings. The van der Waals surface area contributed by atoms with Gasteiger partial charge in [-0.1, -0.05) is 41.9 Å². The van der Waals surface area contributed by atoms with Crippen LogP contribution in [0.1, 0.15) is 28.9 Å². The second kappa shape index (κ2) is 8.63. The Bertz CT molecular complexity index is 798. The topological polar surface area (TPSA) is 42.0 Å². The number of benzene rings is 2. The number of halogens is 1. The molecule has 1 aliphatic heterocycles. The van der Waals surface area contributed by atoms with E-state index < -0.39 is 0 Å². The fraction of sp³-hybridized carbons (Fsp3) is 0.381. The van der Waals surface area contributed by atoms with Gasteiger partial charge in [0.15, 0.2) is 11.5 Å². The summed E-state index contributed by atoms with van der Waals surface area (Å²) in [5.74, 6) is 0.884. The van der Waals surface area contributed by atoms with Crippen molar-refractivity contribution in [1.29, 1.82) is 0 Å². The largest absolute Gasteiger partial charge is 0.493 e. The summed E-state index contributed by atoms with van der Waals surface area (Å²) < 4.78 is 11.0. The van der Waals surface area contributed by atoms with E-state index in [1.807, 2.05) is 30.0 Å². The molecule has 0 radical (unpaired) electrons. The van der Waals surface area contributed by atoms with E-state index in [0.29, 0.717) is 35.2 Å². The Morgan fingerprint density at radius 2 is 1.96 bits per heavy atom. The molecule has 2 aromatic carbocycles. The van der Waals surface area contributed by atoms with Crippen molar-refractivity contribution in [3.05, 3.63) is 58.6 Å². The zero-order chi connectivity index (χ0) is 19.4. The van der Waals surface area contributed by atoms with Crippen LogP contribution in [0.4, 0.5) is 0 Å². The molecule has 5 nitrogen and oxygen atoms in total. The summed E-state index contributed by atoms with van der Waals surface area (Å²) in [4.78, 5) is 17.5. The predicted molar refractivity (Wildman–Crippen MR) is 107 cm³/mol. The highest BCUT2D eigenvalue weighted by molar-refractivity contribution is 6.32. The molecule has 144 valence electrons. The number of nitrogens with zero attached hydrogens (tertiary/aromatic N) is 2. The molecule has 3 rings (SSSR count). The number of piperazine rings is 1. The van der Waals surface area contributed by atoms with Crippen molar-refractivity contribution in [2.24, 2.45) is 0 Å². The van der Waals surface area contributed by atoms with E-state index in [1.54, 1.807) is 19.2 Å². The van der Waals surface area contributed by atoms with Gasteiger partial charge in [0.1, 0.15) is 0 Å². The first-order valence-electron chi connectivity index (χ1n) is 9.10. The first kappa shape index (κ1) is 19.5. The lowest BCUT2D eigenvalue weighted by molar-refractivity contribution is 0.0497. The third kappa shape index (κ3) is 4.20. The molecule has 0 N–H and O–H groups in total. The minimum absolute atomic E-state index is 0.00575. The zero-order valence-electron chi connectivity index (χ0n) is 15.9. The molecule has 1 fully saturated rings. The van der Waals surface area contributed by atoms with Crippen LogP contribution in [-0.2, 0) is 0 Å². The van der Waals surface area contributed by atoms with Gasteiger partial charge >= 0.3 is 0 Å². The smallest absolute Gasteiger partial charge is 0.254 e. The third-order valence-electron chi connectivity index (χ3n) is 4.79. The highest BCUT2D eigenvalue weighted by Crippen LogP contribution is 2.37. The zero-order valence-corrected chi connectivity index (χ0v) is 16.7. The molecule has 0 aromatic heterocycles. The molecule has 2 aromatic rings. The van der Waals surface area contributed by atoms with E-state index in [9.17, 15) is 4.79 Å². The van der Waals surface area contributed by atoms with Crippen LogP contribution in [0.15, 0.2) is 42.5 Å². The molecule has 0 saturated carbocycles. The summed E-state index contributed by atoms with van der Waals surface area (Å²) in [6, 6.07) is 13.5. The van der Waals surface area contributed by atoms with Crippen LogP contribution in [0, 0.1) is 0 Å². The van der Waals surface area contributed by atoms with Crippen LogP contribution in [0.3, 0.4) is 0 Å². The number of hydrogen-bond donors (Lipinski definition) is 0. The second-order valence-corrected chi connectivity index (χ2v) is 7.02. The van der Waals surface area contributed by atoms with Gasteiger partial charge in [-0.05, 0) is 31.7 Å². The maximum absolute atomic E-state index is 13.3. The van der Waals surface area contributed by atoms with Crippen molar-refractivity contribution >= 4 is 17.5 Å². The molecule has 1 saturated heterocycles. The molecule has 0 unspecified atom stereocenters. The Balaban J connectivity index is 1.94. The van der Waals surface area contributed by atoms with Gasteiger partial charge in [-0.2, -0.15) is 0 Å². The van der Waals surface area contributed by atoms with Crippen molar-refractivity contribution in [3.63, 3.8) is 0 Å². The molecule has 6 heteroatoms. The van der Waals surface area contributed by atoms with Gasteiger partial charge in [0.25, 0.3) is 5.91 Å². The van der Waals surface area contributed by atoms with Crippen LogP contribution < -0.4 is 9.47 Å². The van der Waals surface area contributed by atoms with E-state index in [2.05, 4.69) is 24.1 Å². The van der Waals surface area contributed by atoms with E-state index in [-0.39, 0.29) is 11.9 Å². The van der Waals surface area contributed by atoms with Gasteiger partial charge in [0.05, 0.1) is 24.8 Å². The molecule has 27 heavy (non-hydrogen) atoms. The van der Waals surface area contributed by atoms with Gasteiger partial charge in [-0.25, -0.2) is 0 Å². The first-order chi connectivity index (χ1) is 13.0. The van der Waals surface area contributed by atoms with Crippen LogP contribution in [0.2, 0.25) is 5.02 Å². The number of carbonyl (C=O) groups is 1. The number of methoxy groups -OCH3 is 1. The van der Waals surface area contributed by atoms with Crippen LogP contribution in [0.5, 0.6) is 11.5 Å². The summed E-state index contributed by atoms with van der Waals surface area (Å²) in [5, 5.41) is 0.380. The number of hydrogen-bond acceptors (Lipinski definition) is 4. The maximum atomic E-state index is 13.3. The Hall–Kier alpha value is -2.24. The SMILES string of the molecule is CCOc1c(Cl)cc(C(=O)N2CCN(C)C[C@H]2c2ccccc2)cc1OC. The Morgan fingerprint density at radius 1 is 1.22 bits per heavy atom. The Morgan fingerprint density at radius 3 is 2.63 bits per heavy atom. The van der Waals surface area contributed by atoms with Crippen molar-refractivity contribution in [1.82, 2.24) is 9.80 Å². The van der Waals surface area contributed by atoms with Gasteiger partial charge in [-0.3, -0.25) is 4.79 Å². The lowest BCUT2D eigenvalue weighted by Gasteiger charge is -2.40. The summed E-state index contributed by atoms with van der Waals surface area (Å²) in [5.41, 5.74) is 1.63. The van der Waals surface area contributed by atoms with Gasteiger partial charge in [0.2, 0.25) is 0 Å². The highest BCUT2D eigenvalue weighted by atomic mass is 35.5. The number of amides is 1. The number of ether oxygens (including phenoxy) is 2. The van der Waals surface area contributed by atoms with E-state index >= 15 is 0 Å². The molecule has 0 spiro atoms. The Kier molecular flexibility index (Phi) is 6.24. The molecule has 1 atom stereocenters. The average molecular weight is 389 g/mol. The van der Waals surface area contributed by atoms with Crippen molar-refractivity contribution < 1.29 is 14.3 Å². The number of rotatable bonds is 5. The van der Waals surface area contributed by atoms with E-state index in [1.165, 1.54) is 0 Å². The standard InChI is InChI=1S/C21H25ClN2O3/c1-4-27-20-17(22)12-16(13-19(20)26-3)21(25)24-11-10-23(2)14-18(24)15-8-6-5-7-9-15/h5-9,12-13,18H,4,10-11,14H2,1-3H3/t18-/m0/s1. The summed E-state index contributed by atoms with van der Waals surface area (Å²) >= 11 is 6.37. The fourth-order valence-corrected chi connectivity index (χ4v) is 3.68. The molecule has 0 aliphatic carbocycles. The summed E-state index contributed by atoms with van der Waals surface area (Å²) in [7, 11) is 3.62. The average Bonchev–Trinajstić information content (AvgIpc) is 2.69. The van der Waals surface area contributed by atoms with Gasteiger partial charge in [-0.15, -0.1) is 0 Å². The first-order valence-corrected chi connectivity index (χ1v) is 9.47. The van der Waals surface area contributed by atoms with Crippen molar-refractivity contribution in [3.8, 4) is 11.5 Å². The maximum Gasteiger partial charge on any atom is 0.254 e. The van der Waals surface area contributed by atoms with Crippen molar-refractivity contribution in [2.45, 2.75) is 13.0 Å². The van der Waals surface area contributed by atoms with Gasteiger partial charge < -0.3 is 19.3 Å². The fourth-order valence-electron chi connectivity index (χ4n) is 3.42. The number of carbonyl (C=O) groups excluding carboxylic acids is 1. The summed E-state index contributed by atoms with van der Waals surface area (Å²) in [6.07, 6.45) is 0. The van der Waals surface area contributed by atoms with Crippen molar-refractivity contribution in [2.75, 3.05) is 40.4 Å². The van der Waals surface area contributed by atoms with E-state index in [4.69, 9.17) is 21.1 Å². The molecular formula is C21H25ClN2O3. The predicted octanol–water partition coefficient (Wildman–Crippen LogP) is 3.88. The van der Waals surface area contributed by atoms with Crippen LogP contribution >= 0.6 is 11.6 Å². The lowest BCUT2D eigenvalue weighted by atomic mass is 10.0. The van der Waals surface area contributed by atoms with Crippen LogP contribution in [0.25, 0.3) is 0 Å². The second-order valence-electron chi connectivity index (χ2n) is 6.61. The lowest BCUT2D eigenvalue weighted by Crippen LogP contribution is -2.49. The molecule has 1 amide bonds. The monoisotopic (exact) mass is 388 g/mol. The molecule has 1 heterocycles. The minimum atomic E-state index is -0.0554. The highest BCUT2D eigenvalue weighted by Gasteiger charge is 2.31. The van der Waals surface area contributed by atoms with Crippen LogP contribution in [-0.4, -0.2) is 56.1 Å². The quantitative estimate of drug-likeness (QED) is 0.779. The molecular weight excluding hydrogens is 364 g/mol. The van der Waals surface area contributed by atoms with E-state index in [0.717, 1.165) is 18.7 Å². The van der Waals surface area contributed by atoms with Gasteiger partial charge in [0, 0.05) is 25.2 Å². The Labute approximate surface area is 165 Å². The normalized spacial score (nSPS) is 17.6. The third-order valence-corrected chi connectivity index (χ3v) is 5.07.